The maximum atomic E-state index is 12.3. The van der Waals surface area contributed by atoms with Gasteiger partial charge in [-0.25, -0.2) is 4.79 Å². The number of morpholine rings is 1. The van der Waals surface area contributed by atoms with Gasteiger partial charge < -0.3 is 24.8 Å². The Bertz CT molecular complexity index is 498. The van der Waals surface area contributed by atoms with Crippen molar-refractivity contribution in [1.82, 2.24) is 10.2 Å². The lowest BCUT2D eigenvalue weighted by Gasteiger charge is -2.36. The van der Waals surface area contributed by atoms with Gasteiger partial charge in [0.2, 0.25) is 0 Å². The Morgan fingerprint density at radius 3 is 2.50 bits per heavy atom. The van der Waals surface area contributed by atoms with Crippen molar-refractivity contribution < 1.29 is 29.0 Å². The van der Waals surface area contributed by atoms with Crippen molar-refractivity contribution in [2.75, 3.05) is 31.1 Å². The predicted octanol–water partition coefficient (Wildman–Crippen LogP) is 1.98. The normalized spacial score (nSPS) is 20.5. The molecular formula is C16H28N2O6S2. The van der Waals surface area contributed by atoms with Crippen LogP contribution >= 0.6 is 21.6 Å². The van der Waals surface area contributed by atoms with Gasteiger partial charge in [-0.3, -0.25) is 9.59 Å². The minimum atomic E-state index is -0.815. The molecule has 0 aromatic heterocycles. The number of hydrogen-bond acceptors (Lipinski definition) is 7. The highest BCUT2D eigenvalue weighted by Crippen LogP contribution is 2.21. The number of carboxylic acids is 1. The van der Waals surface area contributed by atoms with Crippen LogP contribution < -0.4 is 5.32 Å². The highest BCUT2D eigenvalue weighted by atomic mass is 33.1. The summed E-state index contributed by atoms with van der Waals surface area (Å²) in [6, 6.07) is 0. The van der Waals surface area contributed by atoms with Crippen molar-refractivity contribution in [2.45, 2.75) is 51.9 Å². The summed E-state index contributed by atoms with van der Waals surface area (Å²) >= 11 is 0. The lowest BCUT2D eigenvalue weighted by Crippen LogP contribution is -2.55. The van der Waals surface area contributed by atoms with Crippen LogP contribution in [0.4, 0.5) is 4.79 Å². The highest BCUT2D eigenvalue weighted by molar-refractivity contribution is 8.76. The molecule has 0 aromatic rings. The van der Waals surface area contributed by atoms with Crippen molar-refractivity contribution in [1.29, 1.82) is 0 Å². The van der Waals surface area contributed by atoms with E-state index >= 15 is 0 Å². The van der Waals surface area contributed by atoms with Crippen LogP contribution in [0.2, 0.25) is 0 Å². The van der Waals surface area contributed by atoms with Gasteiger partial charge in [-0.15, -0.1) is 0 Å². The third-order valence-corrected chi connectivity index (χ3v) is 5.58. The Kier molecular flexibility index (Phi) is 9.59. The van der Waals surface area contributed by atoms with Gasteiger partial charge >= 0.3 is 12.1 Å². The lowest BCUT2D eigenvalue weighted by molar-refractivity contribution is -0.144. The molecule has 1 heterocycles. The Morgan fingerprint density at radius 2 is 1.88 bits per heavy atom. The van der Waals surface area contributed by atoms with E-state index in [4.69, 9.17) is 14.6 Å². The molecule has 26 heavy (non-hydrogen) atoms. The first-order valence-electron chi connectivity index (χ1n) is 8.46. The zero-order chi connectivity index (χ0) is 19.7. The van der Waals surface area contributed by atoms with Crippen LogP contribution in [0.3, 0.4) is 0 Å². The van der Waals surface area contributed by atoms with Crippen LogP contribution in [0.25, 0.3) is 0 Å². The molecule has 1 saturated heterocycles. The zero-order valence-electron chi connectivity index (χ0n) is 15.6. The number of rotatable bonds is 8. The molecular weight excluding hydrogens is 380 g/mol. The lowest BCUT2D eigenvalue weighted by atomic mass is 10.2. The van der Waals surface area contributed by atoms with Gasteiger partial charge in [-0.1, -0.05) is 21.6 Å². The third-order valence-electron chi connectivity index (χ3n) is 3.17. The van der Waals surface area contributed by atoms with Crippen LogP contribution in [0.5, 0.6) is 0 Å². The molecule has 10 heteroatoms. The van der Waals surface area contributed by atoms with E-state index in [1.54, 1.807) is 20.8 Å². The maximum Gasteiger partial charge on any atom is 0.410 e. The average Bonchev–Trinajstić information content (AvgIpc) is 2.51. The largest absolute Gasteiger partial charge is 0.481 e. The van der Waals surface area contributed by atoms with Gasteiger partial charge in [0, 0.05) is 18.1 Å². The van der Waals surface area contributed by atoms with Crippen LogP contribution in [-0.2, 0) is 19.1 Å². The molecule has 0 bridgehead atoms. The number of amides is 2. The fourth-order valence-corrected chi connectivity index (χ4v) is 4.03. The number of carbonyl (C=O) groups is 3. The molecule has 2 atom stereocenters. The van der Waals surface area contributed by atoms with Gasteiger partial charge in [-0.2, -0.15) is 0 Å². The van der Waals surface area contributed by atoms with E-state index in [1.807, 2.05) is 6.92 Å². The van der Waals surface area contributed by atoms with Crippen LogP contribution in [0.15, 0.2) is 0 Å². The van der Waals surface area contributed by atoms with Crippen molar-refractivity contribution in [3.8, 4) is 0 Å². The quantitative estimate of drug-likeness (QED) is 0.464. The summed E-state index contributed by atoms with van der Waals surface area (Å²) in [5, 5.41) is 11.3. The summed E-state index contributed by atoms with van der Waals surface area (Å²) in [7, 11) is 2.97. The first-order valence-corrected chi connectivity index (χ1v) is 10.9. The van der Waals surface area contributed by atoms with E-state index in [2.05, 4.69) is 5.32 Å². The molecule has 1 aliphatic rings. The first-order chi connectivity index (χ1) is 12.1. The van der Waals surface area contributed by atoms with E-state index in [1.165, 1.54) is 26.5 Å². The Labute approximate surface area is 162 Å². The second kappa shape index (κ2) is 10.9. The summed E-state index contributed by atoms with van der Waals surface area (Å²) in [5.41, 5.74) is -0.591. The van der Waals surface area contributed by atoms with Crippen molar-refractivity contribution in [3.05, 3.63) is 0 Å². The second-order valence-electron chi connectivity index (χ2n) is 6.90. The average molecular weight is 409 g/mol. The SMILES string of the molecule is C[C@@H]1CN(C(=O)OC(C)(C)C)C[C@@H](C(=O)NCCSSCCC(=O)O)O1. The van der Waals surface area contributed by atoms with Crippen molar-refractivity contribution in [2.24, 2.45) is 0 Å². The second-order valence-corrected chi connectivity index (χ2v) is 9.60. The molecule has 1 rings (SSSR count). The fourth-order valence-electron chi connectivity index (χ4n) is 2.15. The third kappa shape index (κ3) is 9.54. The number of nitrogens with one attached hydrogen (secondary N) is 1. The van der Waals surface area contributed by atoms with Crippen molar-refractivity contribution in [3.63, 3.8) is 0 Å². The molecule has 1 fully saturated rings. The summed E-state index contributed by atoms with van der Waals surface area (Å²) in [5.74, 6) is 0.113. The molecule has 2 N–H and O–H groups in total. The van der Waals surface area contributed by atoms with Crippen LogP contribution in [-0.4, -0.2) is 76.9 Å². The Hall–Kier alpha value is -1.13. The number of carboxylic acid groups (broad SMARTS) is 1. The zero-order valence-corrected chi connectivity index (χ0v) is 17.3. The minimum absolute atomic E-state index is 0.123. The van der Waals surface area contributed by atoms with E-state index in [9.17, 15) is 14.4 Å². The Morgan fingerprint density at radius 1 is 1.23 bits per heavy atom. The first kappa shape index (κ1) is 22.9. The van der Waals surface area contributed by atoms with Gasteiger partial charge in [0.15, 0.2) is 6.10 Å². The van der Waals surface area contributed by atoms with E-state index in [0.29, 0.717) is 24.6 Å². The van der Waals surface area contributed by atoms with E-state index in [-0.39, 0.29) is 25.0 Å². The Balaban J connectivity index is 2.34. The van der Waals surface area contributed by atoms with Crippen LogP contribution in [0, 0.1) is 0 Å². The molecule has 0 aromatic carbocycles. The summed E-state index contributed by atoms with van der Waals surface area (Å²) in [6.07, 6.45) is -1.31. The summed E-state index contributed by atoms with van der Waals surface area (Å²) in [6.45, 7) is 8.19. The smallest absolute Gasteiger partial charge is 0.410 e. The molecule has 8 nitrogen and oxygen atoms in total. The van der Waals surface area contributed by atoms with Gasteiger partial charge in [0.25, 0.3) is 5.91 Å². The highest BCUT2D eigenvalue weighted by Gasteiger charge is 2.34. The number of aliphatic carboxylic acids is 1. The standard InChI is InChI=1S/C16H28N2O6S2/c1-11-9-18(15(22)24-16(2,3)4)10-12(23-11)14(21)17-6-8-26-25-7-5-13(19)20/h11-12H,5-10H2,1-4H3,(H,17,21)(H,19,20)/t11-,12+/m1/s1. The summed E-state index contributed by atoms with van der Waals surface area (Å²) < 4.78 is 11.0. The number of nitrogens with zero attached hydrogens (tertiary/aromatic N) is 1. The molecule has 0 unspecified atom stereocenters. The van der Waals surface area contributed by atoms with Crippen molar-refractivity contribution >= 4 is 39.6 Å². The minimum Gasteiger partial charge on any atom is -0.481 e. The molecule has 0 aliphatic carbocycles. The predicted molar refractivity (Wildman–Crippen MR) is 102 cm³/mol. The number of carbonyl (C=O) groups excluding carboxylic acids is 2. The van der Waals surface area contributed by atoms with E-state index in [0.717, 1.165) is 0 Å². The molecule has 0 spiro atoms. The van der Waals surface area contributed by atoms with E-state index < -0.39 is 23.8 Å². The number of ether oxygens (including phenoxy) is 2. The fraction of sp³-hybridized carbons (Fsp3) is 0.812. The topological polar surface area (TPSA) is 105 Å². The summed E-state index contributed by atoms with van der Waals surface area (Å²) in [4.78, 5) is 36.4. The number of hydrogen-bond donors (Lipinski definition) is 2. The molecule has 150 valence electrons. The van der Waals surface area contributed by atoms with Gasteiger partial charge in [0.1, 0.15) is 5.60 Å². The monoisotopic (exact) mass is 408 g/mol. The van der Waals surface area contributed by atoms with Gasteiger partial charge in [-0.05, 0) is 27.7 Å². The molecule has 1 aliphatic heterocycles. The molecule has 0 saturated carbocycles. The molecule has 2 amide bonds. The molecule has 0 radical (unpaired) electrons. The van der Waals surface area contributed by atoms with Gasteiger partial charge in [0.05, 0.1) is 25.6 Å². The maximum absolute atomic E-state index is 12.3. The van der Waals surface area contributed by atoms with Crippen LogP contribution in [0.1, 0.15) is 34.1 Å².